The molecule has 0 bridgehead atoms. The van der Waals surface area contributed by atoms with Crippen molar-refractivity contribution in [2.24, 2.45) is 5.92 Å². The Balaban J connectivity index is 2.82. The van der Waals surface area contributed by atoms with E-state index < -0.39 is 21.4 Å². The lowest BCUT2D eigenvalue weighted by Gasteiger charge is -2.17. The van der Waals surface area contributed by atoms with Crippen LogP contribution in [0.5, 0.6) is 0 Å². The molecule has 0 aromatic carbocycles. The number of nitrogens with zero attached hydrogens (tertiary/aromatic N) is 1. The number of alkyl halides is 3. The SMILES string of the molecule is O=CC1CCN(S(=O)(=O)C(F)(F)F)C1. The van der Waals surface area contributed by atoms with Gasteiger partial charge in [-0.3, -0.25) is 0 Å². The lowest BCUT2D eigenvalue weighted by atomic mass is 10.2. The fourth-order valence-electron chi connectivity index (χ4n) is 1.23. The van der Waals surface area contributed by atoms with E-state index in [2.05, 4.69) is 0 Å². The molecular formula is C6H8F3NO3S. The molecule has 1 unspecified atom stereocenters. The maximum Gasteiger partial charge on any atom is 0.511 e. The number of rotatable bonds is 2. The van der Waals surface area contributed by atoms with E-state index >= 15 is 0 Å². The zero-order valence-electron chi connectivity index (χ0n) is 6.99. The molecule has 1 rings (SSSR count). The van der Waals surface area contributed by atoms with Crippen molar-refractivity contribution < 1.29 is 26.4 Å². The van der Waals surface area contributed by atoms with Gasteiger partial charge in [0, 0.05) is 19.0 Å². The fourth-order valence-corrected chi connectivity index (χ4v) is 2.26. The molecule has 1 aliphatic rings. The van der Waals surface area contributed by atoms with Crippen molar-refractivity contribution >= 4 is 16.3 Å². The van der Waals surface area contributed by atoms with E-state index in [0.717, 1.165) is 0 Å². The summed E-state index contributed by atoms with van der Waals surface area (Å²) in [7, 11) is -5.24. The standard InChI is InChI=1S/C6H8F3NO3S/c7-6(8,9)14(12,13)10-2-1-5(3-10)4-11/h4-5H,1-3H2. The van der Waals surface area contributed by atoms with Crippen LogP contribution in [0.3, 0.4) is 0 Å². The Bertz CT molecular complexity index is 324. The summed E-state index contributed by atoms with van der Waals surface area (Å²) in [5.41, 5.74) is -5.27. The molecule has 1 atom stereocenters. The Morgan fingerprint density at radius 2 is 1.93 bits per heavy atom. The zero-order chi connectivity index (χ0) is 11.0. The first-order valence-corrected chi connectivity index (χ1v) is 5.25. The molecule has 1 saturated heterocycles. The molecule has 0 aliphatic carbocycles. The third-order valence-corrected chi connectivity index (χ3v) is 3.61. The maximum atomic E-state index is 12.0. The summed E-state index contributed by atoms with van der Waals surface area (Å²) in [5, 5.41) is 0. The highest BCUT2D eigenvalue weighted by atomic mass is 32.2. The molecule has 82 valence electrons. The van der Waals surface area contributed by atoms with Gasteiger partial charge in [-0.25, -0.2) is 8.42 Å². The van der Waals surface area contributed by atoms with Crippen molar-refractivity contribution in [2.45, 2.75) is 11.9 Å². The van der Waals surface area contributed by atoms with Crippen LogP contribution in [-0.2, 0) is 14.8 Å². The average Bonchev–Trinajstić information content (AvgIpc) is 2.49. The zero-order valence-corrected chi connectivity index (χ0v) is 7.81. The number of hydrogen-bond donors (Lipinski definition) is 0. The first kappa shape index (κ1) is 11.4. The largest absolute Gasteiger partial charge is 0.511 e. The molecule has 1 heterocycles. The summed E-state index contributed by atoms with van der Waals surface area (Å²) in [4.78, 5) is 10.2. The van der Waals surface area contributed by atoms with Crippen molar-refractivity contribution in [3.8, 4) is 0 Å². The van der Waals surface area contributed by atoms with Gasteiger partial charge in [0.2, 0.25) is 0 Å². The molecule has 0 aromatic heterocycles. The van der Waals surface area contributed by atoms with E-state index in [1.54, 1.807) is 0 Å². The number of carbonyl (C=O) groups is 1. The van der Waals surface area contributed by atoms with Crippen molar-refractivity contribution in [2.75, 3.05) is 13.1 Å². The van der Waals surface area contributed by atoms with Gasteiger partial charge in [-0.05, 0) is 6.42 Å². The molecule has 0 radical (unpaired) electrons. The summed E-state index contributed by atoms with van der Waals surface area (Å²) in [6.07, 6.45) is 0.630. The van der Waals surface area contributed by atoms with Gasteiger partial charge < -0.3 is 4.79 Å². The van der Waals surface area contributed by atoms with Crippen molar-refractivity contribution in [1.29, 1.82) is 0 Å². The molecular weight excluding hydrogens is 223 g/mol. The molecule has 0 spiro atoms. The first-order valence-electron chi connectivity index (χ1n) is 3.80. The lowest BCUT2D eigenvalue weighted by Crippen LogP contribution is -2.39. The molecule has 1 fully saturated rings. The van der Waals surface area contributed by atoms with Crippen molar-refractivity contribution in [1.82, 2.24) is 4.31 Å². The first-order chi connectivity index (χ1) is 6.29. The van der Waals surface area contributed by atoms with E-state index in [-0.39, 0.29) is 19.5 Å². The highest BCUT2D eigenvalue weighted by Gasteiger charge is 2.51. The smallest absolute Gasteiger partial charge is 0.303 e. The average molecular weight is 231 g/mol. The molecule has 14 heavy (non-hydrogen) atoms. The van der Waals surface area contributed by atoms with E-state index in [1.165, 1.54) is 0 Å². The van der Waals surface area contributed by atoms with Crippen LogP contribution in [0, 0.1) is 5.92 Å². The van der Waals surface area contributed by atoms with Gasteiger partial charge in [0.1, 0.15) is 6.29 Å². The Morgan fingerprint density at radius 1 is 1.36 bits per heavy atom. The molecule has 0 saturated carbocycles. The summed E-state index contributed by atoms with van der Waals surface area (Å²) in [6, 6.07) is 0. The van der Waals surface area contributed by atoms with Crippen LogP contribution >= 0.6 is 0 Å². The predicted octanol–water partition coefficient (Wildman–Crippen LogP) is 0.357. The van der Waals surface area contributed by atoms with E-state index in [0.29, 0.717) is 10.6 Å². The summed E-state index contributed by atoms with van der Waals surface area (Å²) < 4.78 is 57.9. The van der Waals surface area contributed by atoms with Crippen LogP contribution in [0.1, 0.15) is 6.42 Å². The summed E-state index contributed by atoms with van der Waals surface area (Å²) in [5.74, 6) is -0.618. The van der Waals surface area contributed by atoms with Crippen LogP contribution in [-0.4, -0.2) is 37.6 Å². The van der Waals surface area contributed by atoms with Gasteiger partial charge in [-0.1, -0.05) is 0 Å². The van der Waals surface area contributed by atoms with Crippen LogP contribution in [0.2, 0.25) is 0 Å². The normalized spacial score (nSPS) is 25.2. The Morgan fingerprint density at radius 3 is 2.29 bits per heavy atom. The number of sulfonamides is 1. The maximum absolute atomic E-state index is 12.0. The highest BCUT2D eigenvalue weighted by molar-refractivity contribution is 7.90. The van der Waals surface area contributed by atoms with Crippen LogP contribution in [0.25, 0.3) is 0 Å². The van der Waals surface area contributed by atoms with Crippen LogP contribution in [0.15, 0.2) is 0 Å². The summed E-state index contributed by atoms with van der Waals surface area (Å²) in [6.45, 7) is -0.614. The fraction of sp³-hybridized carbons (Fsp3) is 0.833. The third-order valence-electron chi connectivity index (χ3n) is 2.01. The monoisotopic (exact) mass is 231 g/mol. The van der Waals surface area contributed by atoms with Gasteiger partial charge >= 0.3 is 15.5 Å². The quantitative estimate of drug-likeness (QED) is 0.645. The van der Waals surface area contributed by atoms with Crippen molar-refractivity contribution in [3.63, 3.8) is 0 Å². The number of aldehydes is 1. The van der Waals surface area contributed by atoms with Gasteiger partial charge in [-0.15, -0.1) is 0 Å². The molecule has 1 aliphatic heterocycles. The topological polar surface area (TPSA) is 54.5 Å². The molecule has 8 heteroatoms. The molecule has 4 nitrogen and oxygen atoms in total. The molecule has 0 aromatic rings. The van der Waals surface area contributed by atoms with Gasteiger partial charge in [0.25, 0.3) is 0 Å². The second kappa shape index (κ2) is 3.50. The van der Waals surface area contributed by atoms with Crippen molar-refractivity contribution in [3.05, 3.63) is 0 Å². The second-order valence-corrected chi connectivity index (χ2v) is 4.92. The summed E-state index contributed by atoms with van der Waals surface area (Å²) >= 11 is 0. The van der Waals surface area contributed by atoms with Crippen LogP contribution < -0.4 is 0 Å². The van der Waals surface area contributed by atoms with Gasteiger partial charge in [-0.2, -0.15) is 17.5 Å². The minimum Gasteiger partial charge on any atom is -0.303 e. The Labute approximate surface area is 78.7 Å². The predicted molar refractivity (Wildman–Crippen MR) is 40.7 cm³/mol. The van der Waals surface area contributed by atoms with E-state index in [4.69, 9.17) is 0 Å². The highest BCUT2D eigenvalue weighted by Crippen LogP contribution is 2.30. The lowest BCUT2D eigenvalue weighted by molar-refractivity contribution is -0.110. The minimum absolute atomic E-state index is 0.152. The Kier molecular flexibility index (Phi) is 2.86. The number of halogens is 3. The third kappa shape index (κ3) is 1.90. The van der Waals surface area contributed by atoms with Crippen LogP contribution in [0.4, 0.5) is 13.2 Å². The van der Waals surface area contributed by atoms with Gasteiger partial charge in [0.15, 0.2) is 0 Å². The van der Waals surface area contributed by atoms with Gasteiger partial charge in [0.05, 0.1) is 0 Å². The number of carbonyl (C=O) groups excluding carboxylic acids is 1. The molecule has 0 N–H and O–H groups in total. The van der Waals surface area contributed by atoms with E-state index in [9.17, 15) is 26.4 Å². The second-order valence-electron chi connectivity index (χ2n) is 2.99. The number of hydrogen-bond acceptors (Lipinski definition) is 3. The molecule has 0 amide bonds. The Hall–Kier alpha value is -0.630. The minimum atomic E-state index is -5.27. The van der Waals surface area contributed by atoms with E-state index in [1.807, 2.05) is 0 Å².